The maximum Gasteiger partial charge on any atom is 0.264 e. The number of sulfonamides is 1. The Morgan fingerprint density at radius 3 is 2.27 bits per heavy atom. The van der Waals surface area contributed by atoms with E-state index in [9.17, 15) is 17.6 Å². The van der Waals surface area contributed by atoms with Crippen LogP contribution in [0.5, 0.6) is 11.5 Å². The van der Waals surface area contributed by atoms with E-state index >= 15 is 0 Å². The number of carbonyl (C=O) groups is 1. The Morgan fingerprint density at radius 2 is 1.67 bits per heavy atom. The van der Waals surface area contributed by atoms with Crippen LogP contribution < -0.4 is 19.1 Å². The summed E-state index contributed by atoms with van der Waals surface area (Å²) in [7, 11) is -1.03. The SMILES string of the molecule is COc1ccc(OC)c([C@H](C)NC(=O)CN(c2ccc(F)cc2)S(=O)(=O)c2ccccc2)c1. The third-order valence-electron chi connectivity index (χ3n) is 5.01. The first-order valence-corrected chi connectivity index (χ1v) is 11.5. The highest BCUT2D eigenvalue weighted by Gasteiger charge is 2.28. The Hall–Kier alpha value is -3.59. The Labute approximate surface area is 192 Å². The highest BCUT2D eigenvalue weighted by atomic mass is 32.2. The molecule has 1 amide bonds. The smallest absolute Gasteiger partial charge is 0.264 e. The second kappa shape index (κ2) is 10.4. The summed E-state index contributed by atoms with van der Waals surface area (Å²) in [5.41, 5.74) is 0.839. The van der Waals surface area contributed by atoms with Gasteiger partial charge in [0.05, 0.1) is 30.8 Å². The Kier molecular flexibility index (Phi) is 7.55. The monoisotopic (exact) mass is 472 g/mol. The van der Waals surface area contributed by atoms with Crippen molar-refractivity contribution in [2.75, 3.05) is 25.1 Å². The highest BCUT2D eigenvalue weighted by Crippen LogP contribution is 2.29. The minimum Gasteiger partial charge on any atom is -0.497 e. The molecule has 3 aromatic carbocycles. The van der Waals surface area contributed by atoms with E-state index in [0.717, 1.165) is 16.4 Å². The number of nitrogens with zero attached hydrogens (tertiary/aromatic N) is 1. The zero-order valence-corrected chi connectivity index (χ0v) is 19.3. The van der Waals surface area contributed by atoms with Gasteiger partial charge in [0.15, 0.2) is 0 Å². The van der Waals surface area contributed by atoms with Crippen molar-refractivity contribution in [3.63, 3.8) is 0 Å². The van der Waals surface area contributed by atoms with Crippen molar-refractivity contribution in [1.82, 2.24) is 5.32 Å². The van der Waals surface area contributed by atoms with E-state index < -0.39 is 34.3 Å². The molecule has 0 fully saturated rings. The van der Waals surface area contributed by atoms with E-state index in [0.29, 0.717) is 17.1 Å². The molecule has 0 unspecified atom stereocenters. The Morgan fingerprint density at radius 1 is 1.00 bits per heavy atom. The molecular formula is C24H25FN2O5S. The third kappa shape index (κ3) is 5.61. The summed E-state index contributed by atoms with van der Waals surface area (Å²) in [6.07, 6.45) is 0. The van der Waals surface area contributed by atoms with Gasteiger partial charge in [-0.25, -0.2) is 12.8 Å². The molecule has 1 N–H and O–H groups in total. The van der Waals surface area contributed by atoms with Crippen molar-refractivity contribution in [1.29, 1.82) is 0 Å². The minimum atomic E-state index is -4.08. The van der Waals surface area contributed by atoms with Gasteiger partial charge in [0, 0.05) is 5.56 Å². The summed E-state index contributed by atoms with van der Waals surface area (Å²) in [6, 6.07) is 17.4. The van der Waals surface area contributed by atoms with Gasteiger partial charge in [-0.1, -0.05) is 18.2 Å². The zero-order valence-electron chi connectivity index (χ0n) is 18.5. The van der Waals surface area contributed by atoms with Crippen molar-refractivity contribution >= 4 is 21.6 Å². The number of methoxy groups -OCH3 is 2. The molecule has 3 rings (SSSR count). The van der Waals surface area contributed by atoms with Gasteiger partial charge < -0.3 is 14.8 Å². The normalized spacial score (nSPS) is 12.0. The predicted octanol–water partition coefficient (Wildman–Crippen LogP) is 3.92. The van der Waals surface area contributed by atoms with E-state index in [2.05, 4.69) is 5.32 Å². The van der Waals surface area contributed by atoms with Crippen LogP contribution in [-0.2, 0) is 14.8 Å². The number of nitrogens with one attached hydrogen (secondary N) is 1. The molecule has 0 spiro atoms. The maximum atomic E-state index is 13.5. The van der Waals surface area contributed by atoms with Crippen LogP contribution in [0.3, 0.4) is 0 Å². The lowest BCUT2D eigenvalue weighted by atomic mass is 10.1. The number of ether oxygens (including phenoxy) is 2. The lowest BCUT2D eigenvalue weighted by Gasteiger charge is -2.25. The van der Waals surface area contributed by atoms with E-state index in [4.69, 9.17) is 9.47 Å². The number of hydrogen-bond acceptors (Lipinski definition) is 5. The number of amides is 1. The molecule has 33 heavy (non-hydrogen) atoms. The molecule has 0 bridgehead atoms. The van der Waals surface area contributed by atoms with Crippen LogP contribution in [0.25, 0.3) is 0 Å². The van der Waals surface area contributed by atoms with Crippen LogP contribution in [0.1, 0.15) is 18.5 Å². The fourth-order valence-corrected chi connectivity index (χ4v) is 4.76. The number of rotatable bonds is 9. The molecule has 0 aliphatic carbocycles. The first kappa shape index (κ1) is 24.1. The average molecular weight is 473 g/mol. The number of hydrogen-bond donors (Lipinski definition) is 1. The second-order valence-corrected chi connectivity index (χ2v) is 9.06. The summed E-state index contributed by atoms with van der Waals surface area (Å²) in [6.45, 7) is 1.25. The average Bonchev–Trinajstić information content (AvgIpc) is 2.83. The first-order valence-electron chi connectivity index (χ1n) is 10.1. The topological polar surface area (TPSA) is 84.9 Å². The van der Waals surface area contributed by atoms with Gasteiger partial charge >= 0.3 is 0 Å². The number of anilines is 1. The predicted molar refractivity (Wildman–Crippen MR) is 123 cm³/mol. The van der Waals surface area contributed by atoms with Crippen molar-refractivity contribution in [2.24, 2.45) is 0 Å². The molecule has 1 atom stereocenters. The molecule has 0 aromatic heterocycles. The summed E-state index contributed by atoms with van der Waals surface area (Å²) >= 11 is 0. The molecule has 174 valence electrons. The van der Waals surface area contributed by atoms with E-state index in [1.807, 2.05) is 0 Å². The van der Waals surface area contributed by atoms with Crippen molar-refractivity contribution in [3.8, 4) is 11.5 Å². The highest BCUT2D eigenvalue weighted by molar-refractivity contribution is 7.92. The molecule has 0 heterocycles. The first-order chi connectivity index (χ1) is 15.8. The standard InChI is InChI=1S/C24H25FN2O5S/c1-17(22-15-20(31-2)13-14-23(22)32-3)26-24(28)16-27(19-11-9-18(25)10-12-19)33(29,30)21-7-5-4-6-8-21/h4-15,17H,16H2,1-3H3,(H,26,28)/t17-/m0/s1. The third-order valence-corrected chi connectivity index (χ3v) is 6.80. The summed E-state index contributed by atoms with van der Waals surface area (Å²) < 4.78 is 51.6. The van der Waals surface area contributed by atoms with Gasteiger partial charge in [-0.05, 0) is 61.5 Å². The van der Waals surface area contributed by atoms with Crippen LogP contribution in [0.4, 0.5) is 10.1 Å². The van der Waals surface area contributed by atoms with E-state index in [1.54, 1.807) is 43.3 Å². The van der Waals surface area contributed by atoms with E-state index in [-0.39, 0.29) is 10.6 Å². The van der Waals surface area contributed by atoms with Crippen LogP contribution in [0.15, 0.2) is 77.7 Å². The van der Waals surface area contributed by atoms with Crippen LogP contribution in [0, 0.1) is 5.82 Å². The fourth-order valence-electron chi connectivity index (χ4n) is 3.32. The van der Waals surface area contributed by atoms with Gasteiger partial charge in [0.25, 0.3) is 10.0 Å². The molecule has 0 radical (unpaired) electrons. The molecular weight excluding hydrogens is 447 g/mol. The molecule has 3 aromatic rings. The minimum absolute atomic E-state index is 0.0182. The number of carbonyl (C=O) groups excluding carboxylic acids is 1. The molecule has 0 aliphatic rings. The summed E-state index contributed by atoms with van der Waals surface area (Å²) in [5.74, 6) is 0.0811. The molecule has 0 saturated heterocycles. The number of halogens is 1. The number of benzene rings is 3. The van der Waals surface area contributed by atoms with Crippen molar-refractivity contribution in [3.05, 3.63) is 84.2 Å². The van der Waals surface area contributed by atoms with E-state index in [1.165, 1.54) is 38.5 Å². The quantitative estimate of drug-likeness (QED) is 0.510. The summed E-state index contributed by atoms with van der Waals surface area (Å²) in [4.78, 5) is 13.0. The van der Waals surface area contributed by atoms with Gasteiger partial charge in [-0.2, -0.15) is 0 Å². The van der Waals surface area contributed by atoms with Gasteiger partial charge in [-0.15, -0.1) is 0 Å². The fraction of sp³-hybridized carbons (Fsp3) is 0.208. The lowest BCUT2D eigenvalue weighted by molar-refractivity contribution is -0.120. The molecule has 0 aliphatic heterocycles. The Balaban J connectivity index is 1.89. The molecule has 7 nitrogen and oxygen atoms in total. The zero-order chi connectivity index (χ0) is 24.0. The molecule has 0 saturated carbocycles. The van der Waals surface area contributed by atoms with Crippen LogP contribution >= 0.6 is 0 Å². The second-order valence-electron chi connectivity index (χ2n) is 7.20. The van der Waals surface area contributed by atoms with Crippen LogP contribution in [0.2, 0.25) is 0 Å². The van der Waals surface area contributed by atoms with Crippen molar-refractivity contribution < 1.29 is 27.1 Å². The maximum absolute atomic E-state index is 13.5. The van der Waals surface area contributed by atoms with Gasteiger partial charge in [-0.3, -0.25) is 9.10 Å². The largest absolute Gasteiger partial charge is 0.497 e. The van der Waals surface area contributed by atoms with Gasteiger partial charge in [0.1, 0.15) is 23.9 Å². The Bertz CT molecular complexity index is 1200. The summed E-state index contributed by atoms with van der Waals surface area (Å²) in [5, 5.41) is 2.80. The molecule has 9 heteroatoms. The van der Waals surface area contributed by atoms with Crippen molar-refractivity contribution in [2.45, 2.75) is 17.9 Å². The van der Waals surface area contributed by atoms with Gasteiger partial charge in [0.2, 0.25) is 5.91 Å². The van der Waals surface area contributed by atoms with Crippen LogP contribution in [-0.4, -0.2) is 35.1 Å². The lowest BCUT2D eigenvalue weighted by Crippen LogP contribution is -2.41.